The minimum Gasteiger partial charge on any atom is -0.375 e. The summed E-state index contributed by atoms with van der Waals surface area (Å²) in [6, 6.07) is 6.08. The van der Waals surface area contributed by atoms with E-state index in [2.05, 4.69) is 25.9 Å². The van der Waals surface area contributed by atoms with E-state index in [1.54, 1.807) is 12.4 Å². The molecule has 0 amide bonds. The van der Waals surface area contributed by atoms with Crippen LogP contribution in [0.3, 0.4) is 0 Å². The van der Waals surface area contributed by atoms with Crippen molar-refractivity contribution in [3.63, 3.8) is 0 Å². The molecule has 1 aliphatic heterocycles. The Morgan fingerprint density at radius 3 is 2.85 bits per heavy atom. The molecule has 0 spiro atoms. The first-order valence-electron chi connectivity index (χ1n) is 6.60. The Balaban J connectivity index is 1.92. The van der Waals surface area contributed by atoms with Crippen LogP contribution in [-0.4, -0.2) is 36.1 Å². The predicted octanol–water partition coefficient (Wildman–Crippen LogP) is 0.862. The zero-order valence-electron chi connectivity index (χ0n) is 11.2. The van der Waals surface area contributed by atoms with Gasteiger partial charge in [-0.25, -0.2) is 4.98 Å². The largest absolute Gasteiger partial charge is 0.375 e. The quantitative estimate of drug-likeness (QED) is 0.663. The van der Waals surface area contributed by atoms with Crippen molar-refractivity contribution in [2.75, 3.05) is 30.8 Å². The first-order valence-corrected chi connectivity index (χ1v) is 6.60. The number of aromatic nitrogens is 2. The Kier molecular flexibility index (Phi) is 3.39. The zero-order valence-corrected chi connectivity index (χ0v) is 11.2. The van der Waals surface area contributed by atoms with Gasteiger partial charge in [-0.3, -0.25) is 4.79 Å². The van der Waals surface area contributed by atoms with E-state index in [9.17, 15) is 4.79 Å². The molecule has 6 heteroatoms. The lowest BCUT2D eigenvalue weighted by Crippen LogP contribution is -2.52. The van der Waals surface area contributed by atoms with E-state index in [1.807, 2.05) is 25.2 Å². The van der Waals surface area contributed by atoms with Crippen LogP contribution in [0.2, 0.25) is 0 Å². The van der Waals surface area contributed by atoms with E-state index >= 15 is 0 Å². The molecule has 4 N–H and O–H groups in total. The number of H-pyrrole nitrogens is 1. The van der Waals surface area contributed by atoms with Crippen molar-refractivity contribution in [2.45, 2.75) is 6.04 Å². The number of aromatic amines is 1. The smallest absolute Gasteiger partial charge is 0.271 e. The molecule has 0 radical (unpaired) electrons. The summed E-state index contributed by atoms with van der Waals surface area (Å²) in [7, 11) is 1.83. The second kappa shape index (κ2) is 5.34. The van der Waals surface area contributed by atoms with Gasteiger partial charge in [-0.05, 0) is 23.8 Å². The van der Waals surface area contributed by atoms with Gasteiger partial charge in [-0.1, -0.05) is 0 Å². The average Bonchev–Trinajstić information content (AvgIpc) is 2.44. The molecule has 0 unspecified atom stereocenters. The maximum absolute atomic E-state index is 11.8. The fraction of sp³-hybridized carbons (Fsp3) is 0.286. The summed E-state index contributed by atoms with van der Waals surface area (Å²) in [6.45, 7) is 1.78. The van der Waals surface area contributed by atoms with Gasteiger partial charge in [0.05, 0.1) is 6.04 Å². The molecule has 0 saturated carbocycles. The van der Waals surface area contributed by atoms with E-state index in [1.165, 1.54) is 0 Å². The van der Waals surface area contributed by atoms with Crippen LogP contribution >= 0.6 is 0 Å². The molecular weight excluding hydrogens is 254 g/mol. The summed E-state index contributed by atoms with van der Waals surface area (Å²) >= 11 is 0. The van der Waals surface area contributed by atoms with Gasteiger partial charge in [0, 0.05) is 38.1 Å². The van der Waals surface area contributed by atoms with Crippen LogP contribution in [0.15, 0.2) is 35.4 Å². The number of nitrogens with zero attached hydrogens (tertiary/aromatic N) is 1. The minimum absolute atomic E-state index is 0.0939. The van der Waals surface area contributed by atoms with E-state index in [-0.39, 0.29) is 5.56 Å². The second-order valence-electron chi connectivity index (χ2n) is 4.81. The number of hydrogen-bond acceptors (Lipinski definition) is 5. The van der Waals surface area contributed by atoms with Crippen LogP contribution in [0.5, 0.6) is 0 Å². The van der Waals surface area contributed by atoms with Gasteiger partial charge in [-0.2, -0.15) is 0 Å². The molecule has 1 fully saturated rings. The molecule has 1 saturated heterocycles. The van der Waals surface area contributed by atoms with Crippen molar-refractivity contribution in [1.29, 1.82) is 0 Å². The van der Waals surface area contributed by atoms with Gasteiger partial charge < -0.3 is 20.9 Å². The maximum atomic E-state index is 11.8. The molecule has 2 aromatic rings. The van der Waals surface area contributed by atoms with Gasteiger partial charge >= 0.3 is 0 Å². The molecule has 1 aliphatic rings. The fourth-order valence-corrected chi connectivity index (χ4v) is 2.12. The van der Waals surface area contributed by atoms with E-state index in [4.69, 9.17) is 0 Å². The van der Waals surface area contributed by atoms with Crippen molar-refractivity contribution < 1.29 is 0 Å². The Hall–Kier alpha value is -2.34. The lowest BCUT2D eigenvalue weighted by Gasteiger charge is -2.28. The fourth-order valence-electron chi connectivity index (χ4n) is 2.12. The lowest BCUT2D eigenvalue weighted by molar-refractivity contribution is 0.472. The zero-order chi connectivity index (χ0) is 13.9. The number of anilines is 2. The third-order valence-corrected chi connectivity index (χ3v) is 3.39. The highest BCUT2D eigenvalue weighted by Crippen LogP contribution is 2.21. The van der Waals surface area contributed by atoms with Crippen LogP contribution in [0, 0.1) is 0 Å². The van der Waals surface area contributed by atoms with E-state index in [0.717, 1.165) is 30.0 Å². The van der Waals surface area contributed by atoms with Gasteiger partial charge in [0.1, 0.15) is 11.5 Å². The van der Waals surface area contributed by atoms with Crippen molar-refractivity contribution >= 4 is 11.5 Å². The van der Waals surface area contributed by atoms with Gasteiger partial charge in [-0.15, -0.1) is 0 Å². The summed E-state index contributed by atoms with van der Waals surface area (Å²) in [6.07, 6.45) is 3.47. The second-order valence-corrected chi connectivity index (χ2v) is 4.81. The monoisotopic (exact) mass is 271 g/mol. The Morgan fingerprint density at radius 1 is 1.30 bits per heavy atom. The number of rotatable bonds is 4. The third kappa shape index (κ3) is 2.50. The SMILES string of the molecule is CNc1cc(-c2c[nH]c(=O)c(NC3CNC3)c2)ccn1. The third-order valence-electron chi connectivity index (χ3n) is 3.39. The van der Waals surface area contributed by atoms with Crippen LogP contribution < -0.4 is 21.5 Å². The molecule has 6 nitrogen and oxygen atoms in total. The molecular formula is C14H17N5O. The maximum Gasteiger partial charge on any atom is 0.271 e. The molecule has 3 heterocycles. The Morgan fingerprint density at radius 2 is 2.15 bits per heavy atom. The highest BCUT2D eigenvalue weighted by Gasteiger charge is 2.17. The van der Waals surface area contributed by atoms with Gasteiger partial charge in [0.25, 0.3) is 5.56 Å². The van der Waals surface area contributed by atoms with Crippen LogP contribution in [0.4, 0.5) is 11.5 Å². The standard InChI is InChI=1S/C14H17N5O/c1-15-13-5-9(2-3-17-13)10-4-12(14(20)18-6-10)19-11-7-16-8-11/h2-6,11,16,19H,7-8H2,1H3,(H,15,17)(H,18,20). The summed E-state index contributed by atoms with van der Waals surface area (Å²) < 4.78 is 0. The van der Waals surface area contributed by atoms with E-state index < -0.39 is 0 Å². The normalized spacial score (nSPS) is 14.7. The highest BCUT2D eigenvalue weighted by atomic mass is 16.1. The van der Waals surface area contributed by atoms with Crippen LogP contribution in [0.1, 0.15) is 0 Å². The molecule has 2 aromatic heterocycles. The van der Waals surface area contributed by atoms with Crippen molar-refractivity contribution in [2.24, 2.45) is 0 Å². The molecule has 0 bridgehead atoms. The number of hydrogen-bond donors (Lipinski definition) is 4. The van der Waals surface area contributed by atoms with Gasteiger partial charge in [0.2, 0.25) is 0 Å². The summed E-state index contributed by atoms with van der Waals surface area (Å²) in [5.41, 5.74) is 2.48. The minimum atomic E-state index is -0.0939. The number of pyridine rings is 2. The Labute approximate surface area is 116 Å². The lowest BCUT2D eigenvalue weighted by atomic mass is 10.1. The molecule has 3 rings (SSSR count). The van der Waals surface area contributed by atoms with Crippen LogP contribution in [0.25, 0.3) is 11.1 Å². The predicted molar refractivity (Wildman–Crippen MR) is 80.1 cm³/mol. The Bertz CT molecular complexity index is 663. The summed E-state index contributed by atoms with van der Waals surface area (Å²) in [4.78, 5) is 18.8. The van der Waals surface area contributed by atoms with E-state index in [0.29, 0.717) is 11.7 Å². The molecule has 0 aromatic carbocycles. The first kappa shape index (κ1) is 12.7. The van der Waals surface area contributed by atoms with Gasteiger partial charge in [0.15, 0.2) is 0 Å². The topological polar surface area (TPSA) is 81.8 Å². The first-order chi connectivity index (χ1) is 9.76. The molecule has 104 valence electrons. The van der Waals surface area contributed by atoms with Crippen molar-refractivity contribution in [3.8, 4) is 11.1 Å². The summed E-state index contributed by atoms with van der Waals surface area (Å²) in [5.74, 6) is 0.798. The molecule has 20 heavy (non-hydrogen) atoms. The molecule has 0 aliphatic carbocycles. The van der Waals surface area contributed by atoms with Crippen molar-refractivity contribution in [1.82, 2.24) is 15.3 Å². The highest BCUT2D eigenvalue weighted by molar-refractivity contribution is 5.68. The average molecular weight is 271 g/mol. The molecule has 0 atom stereocenters. The number of nitrogens with one attached hydrogen (secondary N) is 4. The summed E-state index contributed by atoms with van der Waals surface area (Å²) in [5, 5.41) is 9.43. The van der Waals surface area contributed by atoms with Crippen molar-refractivity contribution in [3.05, 3.63) is 40.9 Å². The van der Waals surface area contributed by atoms with Crippen LogP contribution in [-0.2, 0) is 0 Å².